The van der Waals surface area contributed by atoms with Gasteiger partial charge in [0.2, 0.25) is 0 Å². The first-order valence-corrected chi connectivity index (χ1v) is 6.99. The molecule has 1 atom stereocenters. The minimum absolute atomic E-state index is 0.474. The van der Waals surface area contributed by atoms with Crippen LogP contribution in [-0.4, -0.2) is 38.2 Å². The van der Waals surface area contributed by atoms with Gasteiger partial charge in [-0.3, -0.25) is 0 Å². The van der Waals surface area contributed by atoms with E-state index in [1.54, 1.807) is 7.11 Å². The number of benzene rings is 1. The Bertz CT molecular complexity index is 413. The van der Waals surface area contributed by atoms with Gasteiger partial charge in [0, 0.05) is 12.6 Å². The van der Waals surface area contributed by atoms with Crippen molar-refractivity contribution in [1.29, 1.82) is 0 Å². The molecule has 0 saturated carbocycles. The fraction of sp³-hybridized carbons (Fsp3) is 0.600. The summed E-state index contributed by atoms with van der Waals surface area (Å²) in [6.45, 7) is 4.76. The molecule has 3 nitrogen and oxygen atoms in total. The molecule has 1 aromatic rings. The molecule has 0 bridgehead atoms. The van der Waals surface area contributed by atoms with Gasteiger partial charge < -0.3 is 15.0 Å². The highest BCUT2D eigenvalue weighted by Crippen LogP contribution is 2.28. The highest BCUT2D eigenvalue weighted by Gasteiger charge is 2.23. The van der Waals surface area contributed by atoms with Crippen LogP contribution in [0.2, 0.25) is 0 Å². The lowest BCUT2D eigenvalue weighted by Crippen LogP contribution is -2.38. The van der Waals surface area contributed by atoms with Crippen LogP contribution in [0, 0.1) is 0 Å². The summed E-state index contributed by atoms with van der Waals surface area (Å²) in [5.41, 5.74) is 2.92. The van der Waals surface area contributed by atoms with E-state index in [0.29, 0.717) is 6.04 Å². The zero-order valence-corrected chi connectivity index (χ0v) is 11.1. The van der Waals surface area contributed by atoms with Crippen molar-refractivity contribution in [2.75, 3.05) is 33.3 Å². The van der Waals surface area contributed by atoms with Gasteiger partial charge in [-0.15, -0.1) is 0 Å². The molecule has 98 valence electrons. The van der Waals surface area contributed by atoms with Crippen molar-refractivity contribution < 1.29 is 4.74 Å². The van der Waals surface area contributed by atoms with Crippen LogP contribution < -0.4 is 10.1 Å². The highest BCUT2D eigenvalue weighted by molar-refractivity contribution is 5.39. The van der Waals surface area contributed by atoms with Gasteiger partial charge in [-0.25, -0.2) is 0 Å². The maximum atomic E-state index is 5.36. The lowest BCUT2D eigenvalue weighted by Gasteiger charge is -2.30. The van der Waals surface area contributed by atoms with Crippen molar-refractivity contribution in [2.24, 2.45) is 0 Å². The monoisotopic (exact) mass is 246 g/mol. The van der Waals surface area contributed by atoms with Crippen LogP contribution in [0.5, 0.6) is 5.75 Å². The van der Waals surface area contributed by atoms with E-state index in [-0.39, 0.29) is 0 Å². The van der Waals surface area contributed by atoms with E-state index in [9.17, 15) is 0 Å². The van der Waals surface area contributed by atoms with Crippen LogP contribution in [0.15, 0.2) is 18.2 Å². The topological polar surface area (TPSA) is 24.5 Å². The van der Waals surface area contributed by atoms with E-state index in [2.05, 4.69) is 28.4 Å². The van der Waals surface area contributed by atoms with Crippen molar-refractivity contribution in [1.82, 2.24) is 10.2 Å². The van der Waals surface area contributed by atoms with Crippen LogP contribution in [0.3, 0.4) is 0 Å². The second-order valence-electron chi connectivity index (χ2n) is 5.33. The quantitative estimate of drug-likeness (QED) is 0.882. The Morgan fingerprint density at radius 3 is 2.94 bits per heavy atom. The summed E-state index contributed by atoms with van der Waals surface area (Å²) in [6, 6.07) is 6.99. The SMILES string of the molecule is COc1ccc2c(c1)[C@@H](CN1CCCC1)NCC2. The number of rotatable bonds is 3. The Hall–Kier alpha value is -1.06. The van der Waals surface area contributed by atoms with Crippen molar-refractivity contribution in [2.45, 2.75) is 25.3 Å². The van der Waals surface area contributed by atoms with Gasteiger partial charge in [0.15, 0.2) is 0 Å². The highest BCUT2D eigenvalue weighted by atomic mass is 16.5. The van der Waals surface area contributed by atoms with Crippen LogP contribution in [0.4, 0.5) is 0 Å². The number of likely N-dealkylation sites (tertiary alicyclic amines) is 1. The van der Waals surface area contributed by atoms with Gasteiger partial charge in [-0.2, -0.15) is 0 Å². The molecule has 0 radical (unpaired) electrons. The number of hydrogen-bond acceptors (Lipinski definition) is 3. The third-order valence-electron chi connectivity index (χ3n) is 4.15. The summed E-state index contributed by atoms with van der Waals surface area (Å²) in [7, 11) is 1.74. The normalized spacial score (nSPS) is 23.9. The lowest BCUT2D eigenvalue weighted by molar-refractivity contribution is 0.287. The molecule has 1 fully saturated rings. The summed E-state index contributed by atoms with van der Waals surface area (Å²) in [5, 5.41) is 3.66. The van der Waals surface area contributed by atoms with Crippen molar-refractivity contribution in [3.05, 3.63) is 29.3 Å². The summed E-state index contributed by atoms with van der Waals surface area (Å²) in [4.78, 5) is 2.58. The summed E-state index contributed by atoms with van der Waals surface area (Å²) in [6.07, 6.45) is 3.85. The van der Waals surface area contributed by atoms with Gasteiger partial charge in [0.25, 0.3) is 0 Å². The number of fused-ring (bicyclic) bond motifs is 1. The second-order valence-corrected chi connectivity index (χ2v) is 5.33. The van der Waals surface area contributed by atoms with Crippen LogP contribution in [0.25, 0.3) is 0 Å². The molecule has 18 heavy (non-hydrogen) atoms. The summed E-state index contributed by atoms with van der Waals surface area (Å²) in [5.74, 6) is 0.976. The van der Waals surface area contributed by atoms with Crippen molar-refractivity contribution in [3.8, 4) is 5.75 Å². The zero-order valence-electron chi connectivity index (χ0n) is 11.1. The Morgan fingerprint density at radius 1 is 1.33 bits per heavy atom. The third kappa shape index (κ3) is 2.38. The van der Waals surface area contributed by atoms with E-state index < -0.39 is 0 Å². The van der Waals surface area contributed by atoms with E-state index in [1.807, 2.05) is 0 Å². The van der Waals surface area contributed by atoms with Gasteiger partial charge in [-0.1, -0.05) is 6.07 Å². The molecule has 0 aromatic heterocycles. The molecular weight excluding hydrogens is 224 g/mol. The number of ether oxygens (including phenoxy) is 1. The van der Waals surface area contributed by atoms with E-state index in [4.69, 9.17) is 4.74 Å². The van der Waals surface area contributed by atoms with Crippen LogP contribution >= 0.6 is 0 Å². The molecular formula is C15H22N2O. The molecule has 0 unspecified atom stereocenters. The van der Waals surface area contributed by atoms with Gasteiger partial charge >= 0.3 is 0 Å². The average Bonchev–Trinajstić information content (AvgIpc) is 2.91. The first kappa shape index (κ1) is 12.0. The van der Waals surface area contributed by atoms with E-state index >= 15 is 0 Å². The fourth-order valence-corrected chi connectivity index (χ4v) is 3.13. The first-order valence-electron chi connectivity index (χ1n) is 6.99. The molecule has 0 aliphatic carbocycles. The number of hydrogen-bond donors (Lipinski definition) is 1. The summed E-state index contributed by atoms with van der Waals surface area (Å²) < 4.78 is 5.36. The Kier molecular flexibility index (Phi) is 3.52. The Balaban J connectivity index is 1.80. The number of nitrogens with one attached hydrogen (secondary N) is 1. The van der Waals surface area contributed by atoms with Crippen LogP contribution in [-0.2, 0) is 6.42 Å². The van der Waals surface area contributed by atoms with Gasteiger partial charge in [0.1, 0.15) is 5.75 Å². The molecule has 1 N–H and O–H groups in total. The number of nitrogens with zero attached hydrogens (tertiary/aromatic N) is 1. The van der Waals surface area contributed by atoms with Crippen molar-refractivity contribution in [3.63, 3.8) is 0 Å². The molecule has 2 aliphatic heterocycles. The predicted octanol–water partition coefficient (Wildman–Crippen LogP) is 1.98. The first-order chi connectivity index (χ1) is 8.86. The van der Waals surface area contributed by atoms with Gasteiger partial charge in [0.05, 0.1) is 7.11 Å². The minimum Gasteiger partial charge on any atom is -0.497 e. The summed E-state index contributed by atoms with van der Waals surface area (Å²) >= 11 is 0. The average molecular weight is 246 g/mol. The Labute approximate surface area is 109 Å². The fourth-order valence-electron chi connectivity index (χ4n) is 3.13. The predicted molar refractivity (Wildman–Crippen MR) is 73.1 cm³/mol. The van der Waals surface area contributed by atoms with E-state index in [1.165, 1.54) is 37.1 Å². The van der Waals surface area contributed by atoms with Crippen LogP contribution in [0.1, 0.15) is 30.0 Å². The zero-order chi connectivity index (χ0) is 12.4. The molecule has 0 amide bonds. The minimum atomic E-state index is 0.474. The maximum absolute atomic E-state index is 5.36. The third-order valence-corrected chi connectivity index (χ3v) is 4.15. The second kappa shape index (κ2) is 5.29. The van der Waals surface area contributed by atoms with E-state index in [0.717, 1.165) is 25.3 Å². The largest absolute Gasteiger partial charge is 0.497 e. The molecule has 1 saturated heterocycles. The lowest BCUT2D eigenvalue weighted by atomic mass is 9.93. The molecule has 3 heteroatoms. The standard InChI is InChI=1S/C15H22N2O/c1-18-13-5-4-12-6-7-16-15(14(12)10-13)11-17-8-2-3-9-17/h4-5,10,15-16H,2-3,6-9,11H2,1H3/t15-/m1/s1. The van der Waals surface area contributed by atoms with Crippen molar-refractivity contribution >= 4 is 0 Å². The Morgan fingerprint density at radius 2 is 2.17 bits per heavy atom. The molecule has 0 spiro atoms. The van der Waals surface area contributed by atoms with Gasteiger partial charge in [-0.05, 0) is 62.2 Å². The molecule has 2 heterocycles. The molecule has 2 aliphatic rings. The molecule has 3 rings (SSSR count). The maximum Gasteiger partial charge on any atom is 0.119 e. The smallest absolute Gasteiger partial charge is 0.119 e. The number of methoxy groups -OCH3 is 1. The molecule has 1 aromatic carbocycles.